The molecule has 1 fully saturated rings. The highest BCUT2D eigenvalue weighted by Gasteiger charge is 2.15. The second-order valence-corrected chi connectivity index (χ2v) is 4.01. The molecule has 64 valence electrons. The van der Waals surface area contributed by atoms with Gasteiger partial charge in [-0.1, -0.05) is 0 Å². The molecule has 1 unspecified atom stereocenters. The van der Waals surface area contributed by atoms with Crippen molar-refractivity contribution in [3.8, 4) is 0 Å². The molecule has 1 heterocycles. The van der Waals surface area contributed by atoms with Gasteiger partial charge >= 0.3 is 0 Å². The highest BCUT2D eigenvalue weighted by Crippen LogP contribution is 2.24. The Hall–Kier alpha value is -0.220. The molecule has 2 N–H and O–H groups in total. The van der Waals surface area contributed by atoms with E-state index in [1.807, 2.05) is 11.8 Å². The van der Waals surface area contributed by atoms with E-state index in [0.29, 0.717) is 11.8 Å². The third-order valence-electron chi connectivity index (χ3n) is 1.69. The van der Waals surface area contributed by atoms with Crippen LogP contribution in [0.1, 0.15) is 12.8 Å². The van der Waals surface area contributed by atoms with Crippen molar-refractivity contribution in [2.75, 3.05) is 18.9 Å². The van der Waals surface area contributed by atoms with Gasteiger partial charge in [-0.2, -0.15) is 11.8 Å². The molecule has 1 amide bonds. The summed E-state index contributed by atoms with van der Waals surface area (Å²) in [5.74, 6) is 0.942. The fourth-order valence-corrected chi connectivity index (χ4v) is 2.29. The zero-order valence-electron chi connectivity index (χ0n) is 6.38. The Balaban J connectivity index is 2.06. The fraction of sp³-hybridized carbons (Fsp3) is 0.857. The van der Waals surface area contributed by atoms with E-state index in [9.17, 15) is 4.79 Å². The first-order valence-corrected chi connectivity index (χ1v) is 4.87. The molecule has 1 rings (SSSR count). The Labute approximate surface area is 70.6 Å². The minimum atomic E-state index is -0.391. The largest absolute Gasteiger partial charge is 0.387 e. The van der Waals surface area contributed by atoms with Crippen LogP contribution in [0, 0.1) is 0 Å². The lowest BCUT2D eigenvalue weighted by Crippen LogP contribution is -2.31. The lowest BCUT2D eigenvalue weighted by Gasteiger charge is -2.08. The maximum Gasteiger partial charge on any atom is 0.245 e. The second-order valence-electron chi connectivity index (χ2n) is 2.60. The van der Waals surface area contributed by atoms with Gasteiger partial charge in [0.05, 0.1) is 0 Å². The predicted molar refractivity (Wildman–Crippen MR) is 45.6 cm³/mol. The SMILES string of the molecule is O=C(CO)NCC1CCCS1. The van der Waals surface area contributed by atoms with E-state index in [4.69, 9.17) is 5.11 Å². The Morgan fingerprint density at radius 3 is 3.09 bits per heavy atom. The van der Waals surface area contributed by atoms with Gasteiger partial charge in [-0.15, -0.1) is 0 Å². The molecule has 4 heteroatoms. The third-order valence-corrected chi connectivity index (χ3v) is 3.09. The number of nitrogens with one attached hydrogen (secondary N) is 1. The highest BCUT2D eigenvalue weighted by molar-refractivity contribution is 8.00. The average Bonchev–Trinajstić information content (AvgIpc) is 2.52. The molecule has 0 aromatic heterocycles. The number of rotatable bonds is 3. The van der Waals surface area contributed by atoms with Crippen molar-refractivity contribution < 1.29 is 9.90 Å². The van der Waals surface area contributed by atoms with Gasteiger partial charge in [-0.25, -0.2) is 0 Å². The van der Waals surface area contributed by atoms with Crippen LogP contribution in [0.15, 0.2) is 0 Å². The fourth-order valence-electron chi connectivity index (χ4n) is 1.09. The average molecular weight is 175 g/mol. The van der Waals surface area contributed by atoms with Crippen LogP contribution in [0.2, 0.25) is 0 Å². The van der Waals surface area contributed by atoms with Gasteiger partial charge in [0.15, 0.2) is 0 Å². The van der Waals surface area contributed by atoms with Crippen LogP contribution >= 0.6 is 11.8 Å². The molecule has 0 radical (unpaired) electrons. The number of amides is 1. The number of aliphatic hydroxyl groups excluding tert-OH is 1. The smallest absolute Gasteiger partial charge is 0.245 e. The Morgan fingerprint density at radius 1 is 1.73 bits per heavy atom. The normalized spacial score (nSPS) is 23.5. The van der Waals surface area contributed by atoms with E-state index in [1.165, 1.54) is 18.6 Å². The first-order valence-electron chi connectivity index (χ1n) is 3.82. The molecule has 0 aromatic rings. The van der Waals surface area contributed by atoms with E-state index in [-0.39, 0.29) is 5.91 Å². The van der Waals surface area contributed by atoms with Crippen molar-refractivity contribution in [1.82, 2.24) is 5.32 Å². The van der Waals surface area contributed by atoms with Crippen LogP contribution < -0.4 is 5.32 Å². The van der Waals surface area contributed by atoms with Crippen molar-refractivity contribution >= 4 is 17.7 Å². The summed E-state index contributed by atoms with van der Waals surface area (Å²) < 4.78 is 0. The Morgan fingerprint density at radius 2 is 2.55 bits per heavy atom. The number of carbonyl (C=O) groups is 1. The summed E-state index contributed by atoms with van der Waals surface area (Å²) in [7, 11) is 0. The van der Waals surface area contributed by atoms with Crippen LogP contribution in [-0.4, -0.2) is 35.2 Å². The summed E-state index contributed by atoms with van der Waals surface area (Å²) in [4.78, 5) is 10.6. The minimum absolute atomic E-state index is 0.266. The van der Waals surface area contributed by atoms with Crippen molar-refractivity contribution in [2.45, 2.75) is 18.1 Å². The molecule has 0 bridgehead atoms. The zero-order valence-corrected chi connectivity index (χ0v) is 7.19. The molecule has 0 aromatic carbocycles. The molecular weight excluding hydrogens is 162 g/mol. The van der Waals surface area contributed by atoms with Gasteiger partial charge in [0.25, 0.3) is 0 Å². The quantitative estimate of drug-likeness (QED) is 0.634. The number of thioether (sulfide) groups is 1. The molecule has 0 aliphatic carbocycles. The van der Waals surface area contributed by atoms with Gasteiger partial charge < -0.3 is 10.4 Å². The van der Waals surface area contributed by atoms with Crippen molar-refractivity contribution in [1.29, 1.82) is 0 Å². The van der Waals surface area contributed by atoms with Gasteiger partial charge in [-0.05, 0) is 18.6 Å². The summed E-state index contributed by atoms with van der Waals surface area (Å²) in [5, 5.41) is 11.6. The van der Waals surface area contributed by atoms with E-state index in [0.717, 1.165) is 0 Å². The van der Waals surface area contributed by atoms with Crippen molar-refractivity contribution in [3.63, 3.8) is 0 Å². The molecule has 1 atom stereocenters. The lowest BCUT2D eigenvalue weighted by molar-refractivity contribution is -0.123. The first-order chi connectivity index (χ1) is 5.33. The molecule has 1 aliphatic heterocycles. The standard InChI is InChI=1S/C7H13NO2S/c9-5-7(10)8-4-6-2-1-3-11-6/h6,9H,1-5H2,(H,8,10). The van der Waals surface area contributed by atoms with Crippen LogP contribution in [0.4, 0.5) is 0 Å². The summed E-state index contributed by atoms with van der Waals surface area (Å²) in [6.07, 6.45) is 2.45. The predicted octanol–water partition coefficient (Wildman–Crippen LogP) is -0.00950. The molecule has 0 spiro atoms. The van der Waals surface area contributed by atoms with Gasteiger partial charge in [0.1, 0.15) is 6.61 Å². The number of hydrogen-bond donors (Lipinski definition) is 2. The summed E-state index contributed by atoms with van der Waals surface area (Å²) in [6.45, 7) is 0.321. The topological polar surface area (TPSA) is 49.3 Å². The van der Waals surface area contributed by atoms with Gasteiger partial charge in [0.2, 0.25) is 5.91 Å². The summed E-state index contributed by atoms with van der Waals surface area (Å²) >= 11 is 1.90. The number of aliphatic hydroxyl groups is 1. The van der Waals surface area contributed by atoms with Crippen molar-refractivity contribution in [2.24, 2.45) is 0 Å². The summed E-state index contributed by atoms with van der Waals surface area (Å²) in [5.41, 5.74) is 0. The minimum Gasteiger partial charge on any atom is -0.387 e. The zero-order chi connectivity index (χ0) is 8.10. The van der Waals surface area contributed by atoms with Gasteiger partial charge in [0, 0.05) is 11.8 Å². The molecule has 1 aliphatic rings. The van der Waals surface area contributed by atoms with E-state index in [1.54, 1.807) is 0 Å². The molecule has 3 nitrogen and oxygen atoms in total. The Bertz CT molecular complexity index is 134. The maximum absolute atomic E-state index is 10.6. The van der Waals surface area contributed by atoms with Crippen molar-refractivity contribution in [3.05, 3.63) is 0 Å². The third kappa shape index (κ3) is 3.12. The van der Waals surface area contributed by atoms with E-state index < -0.39 is 6.61 Å². The molecule has 0 saturated carbocycles. The van der Waals surface area contributed by atoms with Crippen LogP contribution in [0.25, 0.3) is 0 Å². The lowest BCUT2D eigenvalue weighted by atomic mass is 10.2. The number of carbonyl (C=O) groups excluding carboxylic acids is 1. The van der Waals surface area contributed by atoms with Crippen LogP contribution in [-0.2, 0) is 4.79 Å². The summed E-state index contributed by atoms with van der Waals surface area (Å²) in [6, 6.07) is 0. The first kappa shape index (κ1) is 8.87. The Kier molecular flexibility index (Phi) is 3.72. The monoisotopic (exact) mass is 175 g/mol. The maximum atomic E-state index is 10.6. The van der Waals surface area contributed by atoms with E-state index in [2.05, 4.69) is 5.32 Å². The number of hydrogen-bond acceptors (Lipinski definition) is 3. The van der Waals surface area contributed by atoms with Crippen LogP contribution in [0.3, 0.4) is 0 Å². The highest BCUT2D eigenvalue weighted by atomic mass is 32.2. The second kappa shape index (κ2) is 4.62. The molecular formula is C7H13NO2S. The van der Waals surface area contributed by atoms with Gasteiger partial charge in [-0.3, -0.25) is 4.79 Å². The van der Waals surface area contributed by atoms with Crippen LogP contribution in [0.5, 0.6) is 0 Å². The molecule has 11 heavy (non-hydrogen) atoms. The van der Waals surface area contributed by atoms with E-state index >= 15 is 0 Å². The molecule has 1 saturated heterocycles.